The Hall–Kier alpha value is -1.39. The van der Waals surface area contributed by atoms with E-state index in [-0.39, 0.29) is 25.7 Å². The average molecular weight is 394 g/mol. The van der Waals surface area contributed by atoms with Gasteiger partial charge in [-0.3, -0.25) is 13.9 Å². The van der Waals surface area contributed by atoms with Gasteiger partial charge in [-0.1, -0.05) is 0 Å². The van der Waals surface area contributed by atoms with Crippen LogP contribution >= 0.6 is 0 Å². The van der Waals surface area contributed by atoms with E-state index >= 15 is 0 Å². The third-order valence-corrected chi connectivity index (χ3v) is 4.61. The Balaban J connectivity index is 3.05. The molecule has 1 amide bonds. The SMILES string of the molecule is COC(=O)CNCC1(COS(C)(=O)=O)CCC(C)N1C(=O)OC(C)(C)C. The summed E-state index contributed by atoms with van der Waals surface area (Å²) >= 11 is 0. The molecule has 2 atom stereocenters. The van der Waals surface area contributed by atoms with Gasteiger partial charge in [0.25, 0.3) is 10.1 Å². The summed E-state index contributed by atoms with van der Waals surface area (Å²) in [4.78, 5) is 25.6. The van der Waals surface area contributed by atoms with Crippen LogP contribution in [0.5, 0.6) is 0 Å². The number of hydrogen-bond acceptors (Lipinski definition) is 8. The summed E-state index contributed by atoms with van der Waals surface area (Å²) in [5.74, 6) is -0.459. The van der Waals surface area contributed by atoms with Gasteiger partial charge in [0.1, 0.15) is 5.60 Å². The summed E-state index contributed by atoms with van der Waals surface area (Å²) in [7, 11) is -2.42. The Labute approximate surface area is 155 Å². The topological polar surface area (TPSA) is 111 Å². The lowest BCUT2D eigenvalue weighted by Gasteiger charge is -2.40. The molecule has 1 rings (SSSR count). The molecule has 0 spiro atoms. The Morgan fingerprint density at radius 2 is 1.92 bits per heavy atom. The highest BCUT2D eigenvalue weighted by molar-refractivity contribution is 7.85. The Kier molecular flexibility index (Phi) is 7.43. The van der Waals surface area contributed by atoms with Gasteiger partial charge in [0.05, 0.1) is 32.1 Å². The highest BCUT2D eigenvalue weighted by atomic mass is 32.2. The van der Waals surface area contributed by atoms with Crippen LogP contribution in [0.15, 0.2) is 0 Å². The molecule has 1 N–H and O–H groups in total. The standard InChI is InChI=1S/C16H30N2O7S/c1-12-7-8-16(11-24-26(6,21)22,10-17-9-13(19)23-5)18(12)14(20)25-15(2,3)4/h12,17H,7-11H2,1-6H3. The third kappa shape index (κ3) is 6.73. The fraction of sp³-hybridized carbons (Fsp3) is 0.875. The van der Waals surface area contributed by atoms with Crippen LogP contribution < -0.4 is 5.32 Å². The molecule has 0 aromatic heterocycles. The number of likely N-dealkylation sites (tertiary alicyclic amines) is 1. The van der Waals surface area contributed by atoms with Crippen LogP contribution in [0.3, 0.4) is 0 Å². The van der Waals surface area contributed by atoms with E-state index in [4.69, 9.17) is 8.92 Å². The third-order valence-electron chi connectivity index (χ3n) is 4.06. The molecule has 10 heteroatoms. The fourth-order valence-electron chi connectivity index (χ4n) is 2.93. The summed E-state index contributed by atoms with van der Waals surface area (Å²) < 4.78 is 38.1. The average Bonchev–Trinajstić information content (AvgIpc) is 2.80. The quantitative estimate of drug-likeness (QED) is 0.500. The molecule has 0 aromatic carbocycles. The van der Waals surface area contributed by atoms with Crippen molar-refractivity contribution < 1.29 is 31.7 Å². The monoisotopic (exact) mass is 394 g/mol. The zero-order chi connectivity index (χ0) is 20.2. The zero-order valence-electron chi connectivity index (χ0n) is 16.3. The summed E-state index contributed by atoms with van der Waals surface area (Å²) in [6.07, 6.45) is 1.58. The summed E-state index contributed by atoms with van der Waals surface area (Å²) in [6.45, 7) is 7.03. The van der Waals surface area contributed by atoms with Crippen molar-refractivity contribution in [2.75, 3.05) is 33.1 Å². The molecule has 2 unspecified atom stereocenters. The van der Waals surface area contributed by atoms with E-state index in [2.05, 4.69) is 10.1 Å². The van der Waals surface area contributed by atoms with Gasteiger partial charge in [0.2, 0.25) is 0 Å². The number of hydrogen-bond donors (Lipinski definition) is 1. The Morgan fingerprint density at radius 3 is 2.42 bits per heavy atom. The number of esters is 1. The van der Waals surface area contributed by atoms with Crippen molar-refractivity contribution in [3.05, 3.63) is 0 Å². The van der Waals surface area contributed by atoms with Gasteiger partial charge in [-0.2, -0.15) is 8.42 Å². The van der Waals surface area contributed by atoms with E-state index in [1.807, 2.05) is 6.92 Å². The van der Waals surface area contributed by atoms with Crippen molar-refractivity contribution in [2.45, 2.75) is 57.7 Å². The Morgan fingerprint density at radius 1 is 1.31 bits per heavy atom. The van der Waals surface area contributed by atoms with Gasteiger partial charge in [0.15, 0.2) is 0 Å². The van der Waals surface area contributed by atoms with Gasteiger partial charge in [-0.15, -0.1) is 0 Å². The summed E-state index contributed by atoms with van der Waals surface area (Å²) in [5, 5.41) is 2.92. The molecule has 9 nitrogen and oxygen atoms in total. The first-order valence-corrected chi connectivity index (χ1v) is 10.3. The molecule has 0 aromatic rings. The number of nitrogens with zero attached hydrogens (tertiary/aromatic N) is 1. The smallest absolute Gasteiger partial charge is 0.411 e. The molecule has 0 bridgehead atoms. The van der Waals surface area contributed by atoms with E-state index in [1.165, 1.54) is 12.0 Å². The zero-order valence-corrected chi connectivity index (χ0v) is 17.1. The van der Waals surface area contributed by atoms with Crippen LogP contribution in [0.4, 0.5) is 4.79 Å². The summed E-state index contributed by atoms with van der Waals surface area (Å²) in [5.41, 5.74) is -1.64. The van der Waals surface area contributed by atoms with Crippen molar-refractivity contribution in [2.24, 2.45) is 0 Å². The largest absolute Gasteiger partial charge is 0.468 e. The van der Waals surface area contributed by atoms with Crippen LogP contribution in [0.1, 0.15) is 40.5 Å². The molecule has 1 aliphatic heterocycles. The molecule has 1 saturated heterocycles. The molecular formula is C16H30N2O7S. The van der Waals surface area contributed by atoms with E-state index in [1.54, 1.807) is 20.8 Å². The number of ether oxygens (including phenoxy) is 2. The van der Waals surface area contributed by atoms with Crippen molar-refractivity contribution >= 4 is 22.2 Å². The van der Waals surface area contributed by atoms with Crippen LogP contribution in [-0.4, -0.2) is 75.6 Å². The maximum atomic E-state index is 12.7. The molecule has 0 aliphatic carbocycles. The molecule has 1 aliphatic rings. The van der Waals surface area contributed by atoms with Crippen molar-refractivity contribution in [3.63, 3.8) is 0 Å². The van der Waals surface area contributed by atoms with Crippen molar-refractivity contribution in [3.8, 4) is 0 Å². The maximum absolute atomic E-state index is 12.7. The van der Waals surface area contributed by atoms with Gasteiger partial charge in [-0.05, 0) is 40.5 Å². The lowest BCUT2D eigenvalue weighted by Crippen LogP contribution is -2.59. The molecule has 1 heterocycles. The Bertz CT molecular complexity index is 615. The van der Waals surface area contributed by atoms with Gasteiger partial charge < -0.3 is 14.8 Å². The number of nitrogens with one attached hydrogen (secondary N) is 1. The minimum absolute atomic E-state index is 0.0618. The number of carbonyl (C=O) groups is 2. The predicted octanol–water partition coefficient (Wildman–Crippen LogP) is 0.883. The van der Waals surface area contributed by atoms with Crippen LogP contribution in [0, 0.1) is 0 Å². The molecule has 26 heavy (non-hydrogen) atoms. The predicted molar refractivity (Wildman–Crippen MR) is 95.2 cm³/mol. The van der Waals surface area contributed by atoms with Crippen molar-refractivity contribution in [1.82, 2.24) is 10.2 Å². The molecule has 0 saturated carbocycles. The van der Waals surface area contributed by atoms with Crippen molar-refractivity contribution in [1.29, 1.82) is 0 Å². The molecular weight excluding hydrogens is 364 g/mol. The van der Waals surface area contributed by atoms with E-state index in [9.17, 15) is 18.0 Å². The highest BCUT2D eigenvalue weighted by Crippen LogP contribution is 2.35. The number of amides is 1. The lowest BCUT2D eigenvalue weighted by atomic mass is 9.97. The second-order valence-electron chi connectivity index (χ2n) is 7.61. The lowest BCUT2D eigenvalue weighted by molar-refractivity contribution is -0.139. The minimum atomic E-state index is -3.70. The van der Waals surface area contributed by atoms with Crippen LogP contribution in [0.25, 0.3) is 0 Å². The second-order valence-corrected chi connectivity index (χ2v) is 9.25. The van der Waals surface area contributed by atoms with E-state index < -0.39 is 33.3 Å². The van der Waals surface area contributed by atoms with Crippen LogP contribution in [0.2, 0.25) is 0 Å². The normalized spacial score (nSPS) is 23.8. The van der Waals surface area contributed by atoms with E-state index in [0.29, 0.717) is 12.8 Å². The molecule has 1 fully saturated rings. The first-order chi connectivity index (χ1) is 11.8. The second kappa shape index (κ2) is 8.53. The number of carbonyl (C=O) groups excluding carboxylic acids is 2. The summed E-state index contributed by atoms with van der Waals surface area (Å²) in [6, 6.07) is -0.159. The first kappa shape index (κ1) is 22.7. The molecule has 0 radical (unpaired) electrons. The fourth-order valence-corrected chi connectivity index (χ4v) is 3.37. The van der Waals surface area contributed by atoms with Gasteiger partial charge in [-0.25, -0.2) is 4.79 Å². The highest BCUT2D eigenvalue weighted by Gasteiger charge is 2.49. The number of rotatable bonds is 7. The minimum Gasteiger partial charge on any atom is -0.468 e. The first-order valence-electron chi connectivity index (χ1n) is 8.44. The van der Waals surface area contributed by atoms with Crippen LogP contribution in [-0.2, 0) is 28.6 Å². The maximum Gasteiger partial charge on any atom is 0.411 e. The van der Waals surface area contributed by atoms with E-state index in [0.717, 1.165) is 6.26 Å². The molecule has 152 valence electrons. The number of methoxy groups -OCH3 is 1. The van der Waals surface area contributed by atoms with Gasteiger partial charge in [0, 0.05) is 12.6 Å². The van der Waals surface area contributed by atoms with Gasteiger partial charge >= 0.3 is 12.1 Å².